The molecule has 0 bridgehead atoms. The molecule has 0 N–H and O–H groups in total. The van der Waals surface area contributed by atoms with Gasteiger partial charge in [-0.15, -0.1) is 0 Å². The number of ether oxygens (including phenoxy) is 3. The van der Waals surface area contributed by atoms with Crippen molar-refractivity contribution >= 4 is 21.5 Å². The first kappa shape index (κ1) is 80.8. The van der Waals surface area contributed by atoms with Gasteiger partial charge in [0.15, 0.2) is 0 Å². The van der Waals surface area contributed by atoms with Crippen LogP contribution in [0.3, 0.4) is 0 Å². The Bertz CT molecular complexity index is 4270. The predicted octanol–water partition coefficient (Wildman–Crippen LogP) is 26.0. The molecule has 0 saturated heterocycles. The minimum atomic E-state index is -4.22. The van der Waals surface area contributed by atoms with Gasteiger partial charge in [0, 0.05) is 10.9 Å². The van der Waals surface area contributed by atoms with E-state index in [4.69, 9.17) is 9.47 Å². The maximum Gasteiger partial charge on any atom is 0.416 e. The Kier molecular flexibility index (Phi) is 28.8. The summed E-state index contributed by atoms with van der Waals surface area (Å²) in [5.74, 6) is 4.43. The number of hydrogen-bond donors (Lipinski definition) is 0. The maximum absolute atomic E-state index is 13.4. The first-order valence-electron chi connectivity index (χ1n) is 36.4. The summed E-state index contributed by atoms with van der Waals surface area (Å²) in [4.78, 5) is 0. The third-order valence-corrected chi connectivity index (χ3v) is 20.3. The molecule has 0 radical (unpaired) electrons. The highest BCUT2D eigenvalue weighted by atomic mass is 19.4. The second-order valence-corrected chi connectivity index (χ2v) is 30.0. The fourth-order valence-corrected chi connectivity index (χ4v) is 15.0. The minimum Gasteiger partial charge on any atom is -0.463 e. The van der Waals surface area contributed by atoms with Crippen molar-refractivity contribution in [2.75, 3.05) is 13.7 Å². The van der Waals surface area contributed by atoms with Crippen LogP contribution in [0, 0.1) is 104 Å². The van der Waals surface area contributed by atoms with E-state index in [9.17, 15) is 48.3 Å². The first-order valence-corrected chi connectivity index (χ1v) is 36.4. The summed E-state index contributed by atoms with van der Waals surface area (Å²) in [6.45, 7) is 23.9. The lowest BCUT2D eigenvalue weighted by atomic mass is 9.81. The molecule has 5 atom stereocenters. The van der Waals surface area contributed by atoms with E-state index in [-0.39, 0.29) is 17.2 Å². The molecule has 0 amide bonds. The summed E-state index contributed by atoms with van der Waals surface area (Å²) in [5.41, 5.74) is 19.5. The fraction of sp³-hybridized carbons (Fsp3) is 0.438. The molecule has 3 nitrogen and oxygen atoms in total. The number of alkyl halides is 9. The van der Waals surface area contributed by atoms with Crippen molar-refractivity contribution in [1.82, 2.24) is 0 Å². The zero-order chi connectivity index (χ0) is 75.1. The molecule has 0 aromatic heterocycles. The van der Waals surface area contributed by atoms with E-state index in [1.807, 2.05) is 122 Å². The molecule has 9 aromatic rings. The molecule has 103 heavy (non-hydrogen) atoms. The van der Waals surface area contributed by atoms with E-state index < -0.39 is 38.5 Å². The van der Waals surface area contributed by atoms with E-state index in [0.717, 1.165) is 166 Å². The molecule has 0 aliphatic heterocycles. The van der Waals surface area contributed by atoms with Crippen LogP contribution in [0.25, 0.3) is 21.5 Å². The van der Waals surface area contributed by atoms with Crippen LogP contribution in [0.5, 0.6) is 17.2 Å². The zero-order valence-corrected chi connectivity index (χ0v) is 62.5. The van der Waals surface area contributed by atoms with Gasteiger partial charge in [-0.05, 0) is 336 Å². The summed E-state index contributed by atoms with van der Waals surface area (Å²) in [6.07, 6.45) is 8.32. The van der Waals surface area contributed by atoms with Crippen molar-refractivity contribution < 1.29 is 62.5 Å². The maximum atomic E-state index is 13.4. The smallest absolute Gasteiger partial charge is 0.416 e. The summed E-state index contributed by atoms with van der Waals surface area (Å²) in [7, 11) is 0. The fourth-order valence-electron chi connectivity index (χ4n) is 15.0. The molecule has 0 fully saturated rings. The molecule has 5 aliphatic carbocycles. The van der Waals surface area contributed by atoms with Crippen LogP contribution < -0.4 is 14.2 Å². The number of fused-ring (bicyclic) bond motifs is 7. The van der Waals surface area contributed by atoms with Crippen molar-refractivity contribution in [3.63, 3.8) is 0 Å². The van der Waals surface area contributed by atoms with Crippen molar-refractivity contribution in [2.45, 2.75) is 212 Å². The average molecular weight is 1430 g/mol. The van der Waals surface area contributed by atoms with E-state index in [2.05, 4.69) is 56.7 Å². The SMILES string of the molecule is Cc1cc(F)c2cc(C)ccc2c1.Cc1cc2c(c(C(F)(F)F)c1)CC(C)CC2.Cc1cc2c(c(C(F)F)c1)CC(C)CC2.Cc1cc2c(c(OC(F)F)c1)CC(C)CC2.Cc1cc2c(c(OCF)c1)CC(C)CC2.Cc1cc2c(c(OCF)c1)CC(C)CC2.Cc1ccc2cc(C)c(F)cc2c1. The second-order valence-electron chi connectivity index (χ2n) is 30.0. The van der Waals surface area contributed by atoms with Gasteiger partial charge in [0.1, 0.15) is 28.9 Å². The Morgan fingerprint density at radius 1 is 0.369 bits per heavy atom. The van der Waals surface area contributed by atoms with Gasteiger partial charge in [-0.3, -0.25) is 0 Å². The van der Waals surface area contributed by atoms with Crippen LogP contribution in [0.4, 0.5) is 48.3 Å². The van der Waals surface area contributed by atoms with Crippen molar-refractivity contribution in [3.8, 4) is 17.2 Å². The summed E-state index contributed by atoms with van der Waals surface area (Å²) < 4.78 is 155. The molecular weight excluding hydrogens is 1330 g/mol. The van der Waals surface area contributed by atoms with Gasteiger partial charge >= 0.3 is 12.8 Å². The molecular formula is C89H103F11O3. The van der Waals surface area contributed by atoms with E-state index in [1.165, 1.54) is 46.7 Å². The average Bonchev–Trinajstić information content (AvgIpc) is 0.796. The number of halogens is 11. The van der Waals surface area contributed by atoms with Gasteiger partial charge in [0.25, 0.3) is 6.43 Å². The van der Waals surface area contributed by atoms with Crippen molar-refractivity contribution in [2.24, 2.45) is 29.6 Å². The Hall–Kier alpha value is -7.87. The number of aryl methyl sites for hydroxylation is 14. The van der Waals surface area contributed by atoms with E-state index >= 15 is 0 Å². The van der Waals surface area contributed by atoms with Gasteiger partial charge in [-0.25, -0.2) is 26.3 Å². The van der Waals surface area contributed by atoms with Crippen LogP contribution >= 0.6 is 0 Å². The van der Waals surface area contributed by atoms with Crippen molar-refractivity contribution in [3.05, 3.63) is 250 Å². The monoisotopic (exact) mass is 1430 g/mol. The largest absolute Gasteiger partial charge is 0.463 e. The molecule has 0 saturated carbocycles. The number of hydrogen-bond acceptors (Lipinski definition) is 3. The second kappa shape index (κ2) is 36.7. The highest BCUT2D eigenvalue weighted by molar-refractivity contribution is 5.85. The van der Waals surface area contributed by atoms with Crippen molar-refractivity contribution in [1.29, 1.82) is 0 Å². The number of rotatable bonds is 7. The molecule has 554 valence electrons. The first-order chi connectivity index (χ1) is 48.7. The van der Waals surface area contributed by atoms with Gasteiger partial charge in [0.05, 0.1) is 5.56 Å². The predicted molar refractivity (Wildman–Crippen MR) is 398 cm³/mol. The highest BCUT2D eigenvalue weighted by Gasteiger charge is 2.36. The lowest BCUT2D eigenvalue weighted by molar-refractivity contribution is -0.138. The normalized spacial score (nSPS) is 17.7. The molecule has 14 heteroatoms. The van der Waals surface area contributed by atoms with Crippen LogP contribution in [0.2, 0.25) is 0 Å². The molecule has 5 aliphatic rings. The summed E-state index contributed by atoms with van der Waals surface area (Å²) in [6, 6.07) is 37.9. The molecule has 5 unspecified atom stereocenters. The Morgan fingerprint density at radius 3 is 1.18 bits per heavy atom. The van der Waals surface area contributed by atoms with Crippen LogP contribution in [0.1, 0.15) is 190 Å². The Morgan fingerprint density at radius 2 is 0.738 bits per heavy atom. The zero-order valence-electron chi connectivity index (χ0n) is 62.5. The molecule has 9 aromatic carbocycles. The van der Waals surface area contributed by atoms with Gasteiger partial charge in [-0.2, -0.15) is 22.0 Å². The standard InChI is InChI=1S/C13H15F3.C13H16F2O.C13H16F2.2C13H17FO.2C12H11F/c1-8-3-4-10-5-9(2)7-12(11(10)6-8)13(14,15)16;1-8-3-4-10-5-9(2)7-12(11(10)6-8)16-13(14)15;1-8-3-4-10-5-9(2)7-12(13(14)15)11(10)6-8;2*1-9-3-4-11-5-10(2)7-13(15-8-14)12(11)6-9;1-8-3-4-10-5-9(2)7-12(13)11(10)6-8;1-8-3-4-10-6-9(2)12(13)7-11(10)5-8/h5,7-8H,3-4,6H2,1-2H3;5,7-8,13H,3-4,6H2,1-2H3;5,7-8,13H,3-4,6H2,1-2H3;2*5,7,9H,3-4,6,8H2,1-2H3;2*3-7H,1-2H3. The van der Waals surface area contributed by atoms with Crippen LogP contribution in [0.15, 0.2) is 121 Å². The quantitative estimate of drug-likeness (QED) is 0.149. The van der Waals surface area contributed by atoms with Crippen LogP contribution in [-0.2, 0) is 70.4 Å². The minimum absolute atomic E-state index is 0.126. The van der Waals surface area contributed by atoms with E-state index in [0.29, 0.717) is 63.8 Å². The molecule has 14 rings (SSSR count). The topological polar surface area (TPSA) is 27.7 Å². The van der Waals surface area contributed by atoms with E-state index in [1.54, 1.807) is 38.1 Å². The highest BCUT2D eigenvalue weighted by Crippen LogP contribution is 2.41. The van der Waals surface area contributed by atoms with Crippen LogP contribution in [-0.4, -0.2) is 20.3 Å². The third kappa shape index (κ3) is 22.8. The molecule has 0 heterocycles. The summed E-state index contributed by atoms with van der Waals surface area (Å²) >= 11 is 0. The lowest BCUT2D eigenvalue weighted by Gasteiger charge is -2.25. The van der Waals surface area contributed by atoms with Gasteiger partial charge in [-0.1, -0.05) is 130 Å². The lowest BCUT2D eigenvalue weighted by Crippen LogP contribution is -2.18. The number of benzene rings is 9. The Labute approximate surface area is 604 Å². The van der Waals surface area contributed by atoms with Gasteiger partial charge < -0.3 is 14.2 Å². The Balaban J connectivity index is 0.000000152. The van der Waals surface area contributed by atoms with Gasteiger partial charge in [0.2, 0.25) is 13.7 Å². The third-order valence-electron chi connectivity index (χ3n) is 20.3. The molecule has 0 spiro atoms. The summed E-state index contributed by atoms with van der Waals surface area (Å²) in [5, 5.41) is 3.77.